The minimum Gasteiger partial charge on any atom is -0.472 e. The molecule has 0 aromatic carbocycles. The number of fused-ring (bicyclic) bond motifs is 5. The number of aliphatic hydroxyl groups is 1. The molecule has 1 saturated heterocycles. The van der Waals surface area contributed by atoms with Crippen LogP contribution in [0.3, 0.4) is 0 Å². The Balaban J connectivity index is 1.05. The van der Waals surface area contributed by atoms with Gasteiger partial charge in [0.1, 0.15) is 12.4 Å². The molecule has 4 aliphatic carbocycles. The van der Waals surface area contributed by atoms with Crippen LogP contribution in [0.15, 0.2) is 30.2 Å². The number of nitrogens with zero attached hydrogens (tertiary/aromatic N) is 3. The van der Waals surface area contributed by atoms with Crippen molar-refractivity contribution >= 4 is 5.91 Å². The number of aromatic nitrogens is 2. The first-order valence-electron chi connectivity index (χ1n) is 15.9. The van der Waals surface area contributed by atoms with Gasteiger partial charge in [0.15, 0.2) is 0 Å². The van der Waals surface area contributed by atoms with Gasteiger partial charge in [-0.05, 0) is 111 Å². The van der Waals surface area contributed by atoms with Gasteiger partial charge in [0.2, 0.25) is 11.8 Å². The Kier molecular flexibility index (Phi) is 7.54. The molecule has 0 bridgehead atoms. The van der Waals surface area contributed by atoms with Crippen molar-refractivity contribution in [2.45, 2.75) is 110 Å². The van der Waals surface area contributed by atoms with Gasteiger partial charge in [0, 0.05) is 25.2 Å². The molecule has 1 amide bonds. The second kappa shape index (κ2) is 10.8. The summed E-state index contributed by atoms with van der Waals surface area (Å²) < 4.78 is 6.04. The average molecular weight is 536 g/mol. The van der Waals surface area contributed by atoms with E-state index in [9.17, 15) is 9.90 Å². The summed E-state index contributed by atoms with van der Waals surface area (Å²) in [5.74, 6) is 4.58. The number of allylic oxidation sites excluding steroid dienone is 1. The summed E-state index contributed by atoms with van der Waals surface area (Å²) in [4.78, 5) is 23.5. The van der Waals surface area contributed by atoms with Crippen LogP contribution in [-0.4, -0.2) is 51.2 Å². The fourth-order valence-electron chi connectivity index (χ4n) is 10.1. The number of rotatable bonds is 6. The Bertz CT molecular complexity index is 1060. The maximum absolute atomic E-state index is 13.3. The predicted molar refractivity (Wildman–Crippen MR) is 152 cm³/mol. The Labute approximate surface area is 235 Å². The van der Waals surface area contributed by atoms with Crippen LogP contribution in [0.25, 0.3) is 0 Å². The molecule has 6 nitrogen and oxygen atoms in total. The maximum Gasteiger partial charge on any atom is 0.222 e. The lowest BCUT2D eigenvalue weighted by atomic mass is 9.47. The molecule has 1 N–H and O–H groups in total. The first-order chi connectivity index (χ1) is 18.8. The zero-order valence-corrected chi connectivity index (χ0v) is 24.4. The third-order valence-corrected chi connectivity index (χ3v) is 12.2. The third-order valence-electron chi connectivity index (χ3n) is 12.2. The summed E-state index contributed by atoms with van der Waals surface area (Å²) in [5.41, 5.74) is 2.28. The number of hydrogen-bond acceptors (Lipinski definition) is 5. The van der Waals surface area contributed by atoms with E-state index in [1.807, 2.05) is 4.90 Å². The maximum atomic E-state index is 13.3. The van der Waals surface area contributed by atoms with Crippen molar-refractivity contribution in [2.75, 3.05) is 13.1 Å². The molecular formula is C33H49N3O3. The number of piperidine rings is 1. The molecule has 214 valence electrons. The second-order valence-electron chi connectivity index (χ2n) is 14.2. The number of amides is 1. The standard InChI is InChI=1S/C33H49N3O3/c1-22(6-11-31(38)36-18-4-5-25(20-36)39-30-14-17-34-21-35-30)27-9-10-28-26-8-7-23-19-24(37)12-15-32(23,2)29(26)13-16-33(27,28)3/h7,14,17,21-22,24-29,37H,4-6,8-13,15-16,18-20H2,1-3H3/t22-,24+,25+,26+,27-,28+,29+,32+,33-/m1/s1. The summed E-state index contributed by atoms with van der Waals surface area (Å²) in [5, 5.41) is 10.3. The minimum atomic E-state index is -0.129. The second-order valence-corrected chi connectivity index (χ2v) is 14.2. The van der Waals surface area contributed by atoms with E-state index in [0.717, 1.165) is 68.7 Å². The van der Waals surface area contributed by atoms with Crippen molar-refractivity contribution in [1.82, 2.24) is 14.9 Å². The molecular weight excluding hydrogens is 486 g/mol. The molecule has 9 atom stereocenters. The molecule has 0 unspecified atom stereocenters. The van der Waals surface area contributed by atoms with Crippen LogP contribution in [0, 0.1) is 40.4 Å². The minimum absolute atomic E-state index is 0.0130. The van der Waals surface area contributed by atoms with Crippen LogP contribution < -0.4 is 4.74 Å². The molecule has 1 aliphatic heterocycles. The van der Waals surface area contributed by atoms with E-state index in [4.69, 9.17) is 4.74 Å². The number of aliphatic hydroxyl groups excluding tert-OH is 1. The predicted octanol–water partition coefficient (Wildman–Crippen LogP) is 6.20. The van der Waals surface area contributed by atoms with E-state index in [0.29, 0.717) is 41.5 Å². The van der Waals surface area contributed by atoms with Crippen molar-refractivity contribution in [2.24, 2.45) is 40.4 Å². The SMILES string of the molecule is C[C@H](CCC(=O)N1CCC[C@H](Oc2ccncn2)C1)[C@H]1CC[C@H]2[C@@H]3CC=C4C[C@@H](O)CC[C@]4(C)[C@H]3CC[C@]12C. The molecule has 4 fully saturated rings. The van der Waals surface area contributed by atoms with Gasteiger partial charge >= 0.3 is 0 Å². The Morgan fingerprint density at radius 3 is 2.87 bits per heavy atom. The smallest absolute Gasteiger partial charge is 0.222 e. The van der Waals surface area contributed by atoms with Crippen LogP contribution in [0.5, 0.6) is 5.88 Å². The summed E-state index contributed by atoms with van der Waals surface area (Å²) >= 11 is 0. The topological polar surface area (TPSA) is 75.6 Å². The van der Waals surface area contributed by atoms with E-state index < -0.39 is 0 Å². The average Bonchev–Trinajstić information content (AvgIpc) is 3.30. The molecule has 5 aliphatic rings. The Morgan fingerprint density at radius 2 is 2.05 bits per heavy atom. The fraction of sp³-hybridized carbons (Fsp3) is 0.788. The molecule has 6 heteroatoms. The highest BCUT2D eigenvalue weighted by atomic mass is 16.5. The van der Waals surface area contributed by atoms with Crippen LogP contribution in [-0.2, 0) is 4.79 Å². The van der Waals surface area contributed by atoms with Gasteiger partial charge in [0.25, 0.3) is 0 Å². The fourth-order valence-corrected chi connectivity index (χ4v) is 10.1. The van der Waals surface area contributed by atoms with Gasteiger partial charge in [0.05, 0.1) is 12.6 Å². The van der Waals surface area contributed by atoms with Gasteiger partial charge in [-0.25, -0.2) is 9.97 Å². The molecule has 3 saturated carbocycles. The molecule has 0 radical (unpaired) electrons. The van der Waals surface area contributed by atoms with Gasteiger partial charge < -0.3 is 14.7 Å². The number of carbonyl (C=O) groups is 1. The van der Waals surface area contributed by atoms with Crippen molar-refractivity contribution in [3.05, 3.63) is 30.2 Å². The van der Waals surface area contributed by atoms with E-state index in [2.05, 4.69) is 36.8 Å². The third kappa shape index (κ3) is 5.04. The van der Waals surface area contributed by atoms with Crippen LogP contribution in [0.1, 0.15) is 97.8 Å². The van der Waals surface area contributed by atoms with Gasteiger partial charge in [-0.15, -0.1) is 0 Å². The zero-order valence-electron chi connectivity index (χ0n) is 24.4. The molecule has 2 heterocycles. The van der Waals surface area contributed by atoms with Gasteiger partial charge in [-0.3, -0.25) is 4.79 Å². The van der Waals surface area contributed by atoms with Crippen molar-refractivity contribution < 1.29 is 14.6 Å². The van der Waals surface area contributed by atoms with Gasteiger partial charge in [-0.1, -0.05) is 32.4 Å². The number of hydrogen-bond donors (Lipinski definition) is 1. The molecule has 1 aromatic rings. The van der Waals surface area contributed by atoms with E-state index in [1.165, 1.54) is 38.4 Å². The molecule has 39 heavy (non-hydrogen) atoms. The first kappa shape index (κ1) is 27.2. The van der Waals surface area contributed by atoms with Crippen molar-refractivity contribution in [1.29, 1.82) is 0 Å². The van der Waals surface area contributed by atoms with E-state index in [1.54, 1.807) is 17.8 Å². The highest BCUT2D eigenvalue weighted by Gasteiger charge is 2.59. The first-order valence-corrected chi connectivity index (χ1v) is 15.9. The zero-order chi connectivity index (χ0) is 27.2. The lowest BCUT2D eigenvalue weighted by Crippen LogP contribution is -2.50. The summed E-state index contributed by atoms with van der Waals surface area (Å²) in [6.07, 6.45) is 18.8. The summed E-state index contributed by atoms with van der Waals surface area (Å²) in [6.45, 7) is 9.06. The van der Waals surface area contributed by atoms with Crippen LogP contribution in [0.4, 0.5) is 0 Å². The van der Waals surface area contributed by atoms with Crippen LogP contribution >= 0.6 is 0 Å². The lowest BCUT2D eigenvalue weighted by Gasteiger charge is -2.58. The lowest BCUT2D eigenvalue weighted by molar-refractivity contribution is -0.134. The molecule has 1 aromatic heterocycles. The number of likely N-dealkylation sites (tertiary alicyclic amines) is 1. The van der Waals surface area contributed by atoms with E-state index in [-0.39, 0.29) is 12.2 Å². The van der Waals surface area contributed by atoms with Crippen molar-refractivity contribution in [3.8, 4) is 5.88 Å². The summed E-state index contributed by atoms with van der Waals surface area (Å²) in [6, 6.07) is 1.79. The number of ether oxygens (including phenoxy) is 1. The Morgan fingerprint density at radius 1 is 1.18 bits per heavy atom. The molecule has 6 rings (SSSR count). The molecule has 0 spiro atoms. The summed E-state index contributed by atoms with van der Waals surface area (Å²) in [7, 11) is 0. The highest BCUT2D eigenvalue weighted by Crippen LogP contribution is 2.67. The van der Waals surface area contributed by atoms with Gasteiger partial charge in [-0.2, -0.15) is 0 Å². The quantitative estimate of drug-likeness (QED) is 0.439. The van der Waals surface area contributed by atoms with Crippen LogP contribution in [0.2, 0.25) is 0 Å². The van der Waals surface area contributed by atoms with E-state index >= 15 is 0 Å². The highest BCUT2D eigenvalue weighted by molar-refractivity contribution is 5.76. The Hall–Kier alpha value is -1.95. The van der Waals surface area contributed by atoms with Crippen molar-refractivity contribution in [3.63, 3.8) is 0 Å². The largest absolute Gasteiger partial charge is 0.472 e. The number of carbonyl (C=O) groups excluding carboxylic acids is 1. The normalized spacial score (nSPS) is 40.6. The monoisotopic (exact) mass is 535 g/mol.